The fraction of sp³-hybridized carbons (Fsp3) is 0.583. The fourth-order valence-corrected chi connectivity index (χ4v) is 2.73. The quantitative estimate of drug-likeness (QED) is 0.821. The van der Waals surface area contributed by atoms with Crippen LogP contribution in [0.15, 0.2) is 6.33 Å². The monoisotopic (exact) mass is 297 g/mol. The second-order valence-electron chi connectivity index (χ2n) is 4.98. The molecule has 0 radical (unpaired) electrons. The van der Waals surface area contributed by atoms with Crippen molar-refractivity contribution in [2.45, 2.75) is 26.1 Å². The normalized spacial score (nSPS) is 23.5. The van der Waals surface area contributed by atoms with Crippen LogP contribution in [0.5, 0.6) is 0 Å². The molecule has 20 heavy (non-hydrogen) atoms. The van der Waals surface area contributed by atoms with E-state index in [4.69, 9.17) is 16.3 Å². The van der Waals surface area contributed by atoms with Gasteiger partial charge in [0, 0.05) is 18.7 Å². The van der Waals surface area contributed by atoms with E-state index in [2.05, 4.69) is 20.0 Å². The van der Waals surface area contributed by atoms with Gasteiger partial charge in [0.25, 0.3) is 5.78 Å². The molecule has 3 rings (SSSR count). The predicted octanol–water partition coefficient (Wildman–Crippen LogP) is 0.672. The van der Waals surface area contributed by atoms with Crippen molar-refractivity contribution in [2.24, 2.45) is 0 Å². The summed E-state index contributed by atoms with van der Waals surface area (Å²) in [6, 6.07) is 0. The molecule has 0 saturated carbocycles. The highest BCUT2D eigenvalue weighted by molar-refractivity contribution is 6.30. The average Bonchev–Trinajstić information content (AvgIpc) is 2.86. The lowest BCUT2D eigenvalue weighted by molar-refractivity contribution is -0.0424. The lowest BCUT2D eigenvalue weighted by Gasteiger charge is -2.37. The number of hydrogen-bond donors (Lipinski definition) is 1. The van der Waals surface area contributed by atoms with Crippen molar-refractivity contribution in [1.29, 1.82) is 0 Å². The molecule has 0 spiro atoms. The Morgan fingerprint density at radius 3 is 3.05 bits per heavy atom. The molecule has 2 aromatic heterocycles. The van der Waals surface area contributed by atoms with Gasteiger partial charge in [-0.15, -0.1) is 0 Å². The summed E-state index contributed by atoms with van der Waals surface area (Å²) in [5.41, 5.74) is 0.843. The van der Waals surface area contributed by atoms with Crippen molar-refractivity contribution in [3.63, 3.8) is 0 Å². The third-order valence-corrected chi connectivity index (χ3v) is 3.77. The first-order chi connectivity index (χ1) is 9.60. The summed E-state index contributed by atoms with van der Waals surface area (Å²) in [4.78, 5) is 10.4. The molecule has 0 aliphatic carbocycles. The Kier molecular flexibility index (Phi) is 3.49. The molecule has 7 nitrogen and oxygen atoms in total. The molecule has 1 fully saturated rings. The van der Waals surface area contributed by atoms with Gasteiger partial charge in [-0.3, -0.25) is 0 Å². The van der Waals surface area contributed by atoms with Gasteiger partial charge in [0.15, 0.2) is 0 Å². The molecule has 1 aliphatic heterocycles. The van der Waals surface area contributed by atoms with Gasteiger partial charge in [-0.05, 0) is 13.8 Å². The number of aliphatic hydroxyl groups excluding tert-OH is 1. The molecule has 0 bridgehead atoms. The van der Waals surface area contributed by atoms with Crippen LogP contribution in [0.2, 0.25) is 5.15 Å². The van der Waals surface area contributed by atoms with Gasteiger partial charge < -0.3 is 14.7 Å². The van der Waals surface area contributed by atoms with E-state index >= 15 is 0 Å². The summed E-state index contributed by atoms with van der Waals surface area (Å²) >= 11 is 6.18. The molecule has 2 unspecified atom stereocenters. The van der Waals surface area contributed by atoms with Gasteiger partial charge in [-0.25, -0.2) is 0 Å². The topological polar surface area (TPSA) is 75.8 Å². The molecular formula is C12H16ClN5O2. The number of hydrogen-bond acceptors (Lipinski definition) is 6. The van der Waals surface area contributed by atoms with E-state index in [1.165, 1.54) is 6.33 Å². The minimum absolute atomic E-state index is 0.0147. The molecule has 2 atom stereocenters. The fourth-order valence-electron chi connectivity index (χ4n) is 2.57. The Morgan fingerprint density at radius 1 is 1.50 bits per heavy atom. The highest BCUT2D eigenvalue weighted by atomic mass is 35.5. The van der Waals surface area contributed by atoms with Crippen LogP contribution in [0.25, 0.3) is 5.78 Å². The van der Waals surface area contributed by atoms with Crippen LogP contribution >= 0.6 is 11.6 Å². The van der Waals surface area contributed by atoms with Crippen molar-refractivity contribution >= 4 is 23.2 Å². The van der Waals surface area contributed by atoms with E-state index in [0.717, 1.165) is 11.4 Å². The van der Waals surface area contributed by atoms with Crippen LogP contribution in [0.4, 0.5) is 5.82 Å². The van der Waals surface area contributed by atoms with E-state index in [9.17, 15) is 5.11 Å². The molecule has 1 saturated heterocycles. The first-order valence-corrected chi connectivity index (χ1v) is 6.85. The van der Waals surface area contributed by atoms with Gasteiger partial charge >= 0.3 is 0 Å². The van der Waals surface area contributed by atoms with E-state index < -0.39 is 0 Å². The Balaban J connectivity index is 2.08. The number of nitrogens with zero attached hydrogens (tertiary/aromatic N) is 5. The zero-order valence-corrected chi connectivity index (χ0v) is 12.1. The first-order valence-electron chi connectivity index (χ1n) is 6.47. The van der Waals surface area contributed by atoms with E-state index in [1.807, 2.05) is 13.8 Å². The maximum absolute atomic E-state index is 9.35. The van der Waals surface area contributed by atoms with Gasteiger partial charge in [-0.2, -0.15) is 19.6 Å². The summed E-state index contributed by atoms with van der Waals surface area (Å²) in [5, 5.41) is 14.0. The van der Waals surface area contributed by atoms with E-state index in [1.54, 1.807) is 4.52 Å². The number of halogens is 1. The summed E-state index contributed by atoms with van der Waals surface area (Å²) in [6.07, 6.45) is 1.25. The number of aliphatic hydroxyl groups is 1. The Labute approximate surface area is 121 Å². The van der Waals surface area contributed by atoms with Gasteiger partial charge in [-0.1, -0.05) is 11.6 Å². The summed E-state index contributed by atoms with van der Waals surface area (Å²) in [5.74, 6) is 1.32. The van der Waals surface area contributed by atoms with Crippen LogP contribution in [-0.2, 0) is 4.74 Å². The largest absolute Gasteiger partial charge is 0.394 e. The second-order valence-corrected chi connectivity index (χ2v) is 5.34. The Bertz CT molecular complexity index is 632. The predicted molar refractivity (Wildman–Crippen MR) is 74.2 cm³/mol. The number of ether oxygens (including phenoxy) is 1. The smallest absolute Gasteiger partial charge is 0.255 e. The molecule has 1 N–H and O–H groups in total. The molecular weight excluding hydrogens is 282 g/mol. The SMILES string of the molecule is Cc1c(Cl)nc2ncnn2c1N1CC(C)OC(CO)C1. The molecule has 0 amide bonds. The minimum atomic E-state index is -0.219. The van der Waals surface area contributed by atoms with Crippen molar-refractivity contribution in [2.75, 3.05) is 24.6 Å². The van der Waals surface area contributed by atoms with Crippen molar-refractivity contribution in [1.82, 2.24) is 19.6 Å². The molecule has 3 heterocycles. The summed E-state index contributed by atoms with van der Waals surface area (Å²) < 4.78 is 7.34. The lowest BCUT2D eigenvalue weighted by Crippen LogP contribution is -2.49. The van der Waals surface area contributed by atoms with Crippen molar-refractivity contribution in [3.05, 3.63) is 17.0 Å². The molecule has 1 aliphatic rings. The maximum atomic E-state index is 9.35. The molecule has 8 heteroatoms. The highest BCUT2D eigenvalue weighted by Gasteiger charge is 2.28. The number of rotatable bonds is 2. The van der Waals surface area contributed by atoms with Gasteiger partial charge in [0.05, 0.1) is 18.8 Å². The van der Waals surface area contributed by atoms with E-state index in [-0.39, 0.29) is 18.8 Å². The van der Waals surface area contributed by atoms with Gasteiger partial charge in [0.1, 0.15) is 17.3 Å². The zero-order chi connectivity index (χ0) is 14.3. The number of fused-ring (bicyclic) bond motifs is 1. The van der Waals surface area contributed by atoms with Crippen LogP contribution in [0.3, 0.4) is 0 Å². The molecule has 2 aromatic rings. The van der Waals surface area contributed by atoms with E-state index in [0.29, 0.717) is 24.0 Å². The van der Waals surface area contributed by atoms with Crippen molar-refractivity contribution < 1.29 is 9.84 Å². The van der Waals surface area contributed by atoms with Crippen LogP contribution in [0, 0.1) is 6.92 Å². The number of aromatic nitrogens is 4. The maximum Gasteiger partial charge on any atom is 0.255 e. The van der Waals surface area contributed by atoms with Crippen LogP contribution in [0.1, 0.15) is 12.5 Å². The van der Waals surface area contributed by atoms with Crippen molar-refractivity contribution in [3.8, 4) is 0 Å². The standard InChI is InChI=1S/C12H16ClN5O2/c1-7-3-17(4-9(5-19)20-7)11-8(2)10(13)16-12-14-6-15-18(11)12/h6-7,9,19H,3-5H2,1-2H3. The zero-order valence-electron chi connectivity index (χ0n) is 11.3. The lowest BCUT2D eigenvalue weighted by atomic mass is 10.2. The molecule has 0 aromatic carbocycles. The van der Waals surface area contributed by atoms with Gasteiger partial charge in [0.2, 0.25) is 0 Å². The first kappa shape index (κ1) is 13.5. The average molecular weight is 298 g/mol. The third kappa shape index (κ3) is 2.21. The minimum Gasteiger partial charge on any atom is -0.394 e. The molecule has 108 valence electrons. The van der Waals surface area contributed by atoms with Crippen LogP contribution in [-0.4, -0.2) is 56.6 Å². The second kappa shape index (κ2) is 5.16. The third-order valence-electron chi connectivity index (χ3n) is 3.40. The number of anilines is 1. The summed E-state index contributed by atoms with van der Waals surface area (Å²) in [7, 11) is 0. The highest BCUT2D eigenvalue weighted by Crippen LogP contribution is 2.28. The number of morpholine rings is 1. The van der Waals surface area contributed by atoms with Crippen LogP contribution < -0.4 is 4.90 Å². The Morgan fingerprint density at radius 2 is 2.30 bits per heavy atom. The summed E-state index contributed by atoms with van der Waals surface area (Å²) in [6.45, 7) is 5.15. The Hall–Kier alpha value is -1.44.